The molecule has 1 aromatic rings. The van der Waals surface area contributed by atoms with Gasteiger partial charge in [-0.25, -0.2) is 0 Å². The second-order valence-corrected chi connectivity index (χ2v) is 6.23. The van der Waals surface area contributed by atoms with Gasteiger partial charge < -0.3 is 0 Å². The van der Waals surface area contributed by atoms with Crippen molar-refractivity contribution in [1.29, 1.82) is 0 Å². The monoisotopic (exact) mass is 251 g/mol. The summed E-state index contributed by atoms with van der Waals surface area (Å²) < 4.78 is 0. The molecule has 1 heteroatoms. The molecule has 0 spiro atoms. The van der Waals surface area contributed by atoms with Gasteiger partial charge in [0.2, 0.25) is 0 Å². The van der Waals surface area contributed by atoms with E-state index >= 15 is 0 Å². The average Bonchev–Trinajstić information content (AvgIpc) is 2.68. The number of hydrogen-bond donors (Lipinski definition) is 0. The lowest BCUT2D eigenvalue weighted by atomic mass is 10.2. The molecule has 0 aliphatic heterocycles. The lowest BCUT2D eigenvalue weighted by molar-refractivity contribution is 1.41. The Hall–Kier alpha value is -1.73. The molecule has 0 nitrogen and oxygen atoms in total. The van der Waals surface area contributed by atoms with Crippen molar-refractivity contribution in [2.75, 3.05) is 6.26 Å². The number of rotatable bonds is 2. The third-order valence-corrected chi connectivity index (χ3v) is 5.17. The van der Waals surface area contributed by atoms with E-state index in [-0.39, 0.29) is 10.9 Å². The molecule has 0 N–H and O–H groups in total. The predicted molar refractivity (Wildman–Crippen MR) is 79.3 cm³/mol. The molecular weight excluding hydrogens is 236 g/mol. The first kappa shape index (κ1) is 11.4. The molecule has 0 amide bonds. The zero-order valence-corrected chi connectivity index (χ0v) is 11.2. The fourth-order valence-electron chi connectivity index (χ4n) is 2.20. The first-order valence-corrected chi connectivity index (χ1v) is 7.68. The largest absolute Gasteiger partial charge is 0.168 e. The molecule has 1 aromatic carbocycles. The Morgan fingerprint density at radius 2 is 1.33 bits per heavy atom. The van der Waals surface area contributed by atoms with Crippen molar-refractivity contribution >= 4 is 10.9 Å². The van der Waals surface area contributed by atoms with Crippen LogP contribution in [0.2, 0.25) is 0 Å². The molecule has 0 aromatic heterocycles. The van der Waals surface area contributed by atoms with Crippen LogP contribution in [0.5, 0.6) is 0 Å². The van der Waals surface area contributed by atoms with Crippen LogP contribution in [0.4, 0.5) is 0 Å². The van der Waals surface area contributed by atoms with Gasteiger partial charge in [0, 0.05) is 5.56 Å². The third-order valence-electron chi connectivity index (χ3n) is 3.18. The normalized spacial score (nSPS) is 12.5. The Morgan fingerprint density at radius 1 is 0.667 bits per heavy atom. The highest BCUT2D eigenvalue weighted by Gasteiger charge is 2.24. The van der Waals surface area contributed by atoms with Crippen LogP contribution in [0.3, 0.4) is 0 Å². The van der Waals surface area contributed by atoms with Crippen molar-refractivity contribution in [3.63, 3.8) is 0 Å². The first-order chi connectivity index (χ1) is 8.86. The summed E-state index contributed by atoms with van der Waals surface area (Å²) in [6.07, 6.45) is 2.30. The molecule has 3 rings (SSSR count). The number of benzene rings is 1. The van der Waals surface area contributed by atoms with E-state index in [0.717, 1.165) is 0 Å². The zero-order valence-electron chi connectivity index (χ0n) is 10.3. The summed E-state index contributed by atoms with van der Waals surface area (Å²) in [5.74, 6) is 0. The van der Waals surface area contributed by atoms with Crippen molar-refractivity contribution in [2.24, 2.45) is 0 Å². The van der Waals surface area contributed by atoms with Crippen molar-refractivity contribution in [3.05, 3.63) is 72.8 Å². The predicted octanol–water partition coefficient (Wildman–Crippen LogP) is 4.46. The molecule has 2 aliphatic rings. The van der Waals surface area contributed by atoms with Crippen LogP contribution in [-0.2, 0) is 10.9 Å². The topological polar surface area (TPSA) is 0 Å². The van der Waals surface area contributed by atoms with Gasteiger partial charge in [-0.3, -0.25) is 0 Å². The minimum Gasteiger partial charge on any atom is -0.0622 e. The molecule has 18 heavy (non-hydrogen) atoms. The molecule has 0 saturated carbocycles. The van der Waals surface area contributed by atoms with Crippen LogP contribution in [0.1, 0.15) is 0 Å². The molecule has 88 valence electrons. The van der Waals surface area contributed by atoms with E-state index in [1.807, 2.05) is 0 Å². The van der Waals surface area contributed by atoms with Crippen molar-refractivity contribution in [3.8, 4) is 11.1 Å². The van der Waals surface area contributed by atoms with Gasteiger partial charge >= 0.3 is 0 Å². The third kappa shape index (κ3) is 2.02. The summed E-state index contributed by atoms with van der Waals surface area (Å²) in [4.78, 5) is 2.84. The summed E-state index contributed by atoms with van der Waals surface area (Å²) in [5, 5.41) is 0. The van der Waals surface area contributed by atoms with Crippen LogP contribution >= 0.6 is 0 Å². The van der Waals surface area contributed by atoms with Crippen molar-refractivity contribution in [2.45, 2.75) is 9.79 Å². The van der Waals surface area contributed by atoms with E-state index in [1.54, 1.807) is 0 Å². The summed E-state index contributed by atoms with van der Waals surface area (Å²) in [5.41, 5.74) is 2.69. The maximum atomic E-state index is 2.30. The Bertz CT molecular complexity index is 616. The average molecular weight is 251 g/mol. The summed E-state index contributed by atoms with van der Waals surface area (Å²) >= 11 is 0. The lowest BCUT2D eigenvalue weighted by Crippen LogP contribution is -1.99. The smallest absolute Gasteiger partial charge is 0.0622 e. The number of fused-ring (bicyclic) bond motifs is 1. The van der Waals surface area contributed by atoms with E-state index in [1.165, 1.54) is 20.9 Å². The van der Waals surface area contributed by atoms with Crippen LogP contribution in [0.25, 0.3) is 11.1 Å². The van der Waals surface area contributed by atoms with Gasteiger partial charge in [-0.1, -0.05) is 42.5 Å². The summed E-state index contributed by atoms with van der Waals surface area (Å²) in [7, 11) is 0.138. The van der Waals surface area contributed by atoms with Gasteiger partial charge in [-0.2, -0.15) is 0 Å². The lowest BCUT2D eigenvalue weighted by Gasteiger charge is -2.02. The second-order valence-electron chi connectivity index (χ2n) is 4.30. The van der Waals surface area contributed by atoms with Crippen LogP contribution in [0.15, 0.2) is 82.6 Å². The summed E-state index contributed by atoms with van der Waals surface area (Å²) in [6, 6.07) is 25.9. The minimum atomic E-state index is 0.138. The van der Waals surface area contributed by atoms with E-state index < -0.39 is 0 Å². The number of hydrogen-bond acceptors (Lipinski definition) is 0. The molecule has 2 aliphatic carbocycles. The highest BCUT2D eigenvalue weighted by molar-refractivity contribution is 7.96. The van der Waals surface area contributed by atoms with E-state index in [4.69, 9.17) is 0 Å². The fourth-order valence-corrected chi connectivity index (χ4v) is 3.81. The molecule has 0 heterocycles. The second kappa shape index (κ2) is 4.87. The molecule has 0 bridgehead atoms. The molecule has 0 saturated heterocycles. The van der Waals surface area contributed by atoms with Crippen LogP contribution in [0, 0.1) is 0 Å². The SMILES string of the molecule is C[S+](c1ccccc1)c1ccc2cccccc1-2. The van der Waals surface area contributed by atoms with Gasteiger partial charge in [0.15, 0.2) is 9.79 Å². The Labute approximate surface area is 111 Å². The maximum absolute atomic E-state index is 2.30. The molecule has 1 unspecified atom stereocenters. The van der Waals surface area contributed by atoms with Crippen molar-refractivity contribution < 1.29 is 0 Å². The fraction of sp³-hybridized carbons (Fsp3) is 0.0588. The molecule has 0 radical (unpaired) electrons. The highest BCUT2D eigenvalue weighted by atomic mass is 32.2. The maximum Gasteiger partial charge on any atom is 0.168 e. The highest BCUT2D eigenvalue weighted by Crippen LogP contribution is 2.33. The molecule has 1 atom stereocenters. The van der Waals surface area contributed by atoms with Crippen LogP contribution in [-0.4, -0.2) is 6.26 Å². The minimum absolute atomic E-state index is 0.138. The van der Waals surface area contributed by atoms with E-state index in [2.05, 4.69) is 79.1 Å². The van der Waals surface area contributed by atoms with Gasteiger partial charge in [0.1, 0.15) is 6.26 Å². The van der Waals surface area contributed by atoms with Crippen LogP contribution < -0.4 is 0 Å². The standard InChI is InChI=1S/C17H15S/c1-18(15-9-5-3-6-10-15)17-13-12-14-8-4-2-7-11-16(14)17/h2-13H,1H3/q+1. The van der Waals surface area contributed by atoms with E-state index in [9.17, 15) is 0 Å². The van der Waals surface area contributed by atoms with Gasteiger partial charge in [0.25, 0.3) is 0 Å². The zero-order chi connectivity index (χ0) is 12.4. The molecule has 0 fully saturated rings. The molecular formula is C17H15S+. The van der Waals surface area contributed by atoms with Gasteiger partial charge in [0.05, 0.1) is 10.9 Å². The van der Waals surface area contributed by atoms with Gasteiger partial charge in [-0.15, -0.1) is 0 Å². The van der Waals surface area contributed by atoms with E-state index in [0.29, 0.717) is 0 Å². The Balaban J connectivity index is 2.07. The Morgan fingerprint density at radius 3 is 2.11 bits per heavy atom. The van der Waals surface area contributed by atoms with Gasteiger partial charge in [-0.05, 0) is 35.9 Å². The first-order valence-electron chi connectivity index (χ1n) is 6.05. The quantitative estimate of drug-likeness (QED) is 0.590. The van der Waals surface area contributed by atoms with Crippen molar-refractivity contribution in [1.82, 2.24) is 0 Å². The Kier molecular flexibility index (Phi) is 3.07. The summed E-state index contributed by atoms with van der Waals surface area (Å²) in [6.45, 7) is 0.